The van der Waals surface area contributed by atoms with Gasteiger partial charge in [0.05, 0.1) is 22.0 Å². The Balaban J connectivity index is 2.24. The van der Waals surface area contributed by atoms with Crippen LogP contribution in [-0.2, 0) is 10.0 Å². The monoisotopic (exact) mass is 291 g/mol. The molecule has 0 aromatic heterocycles. The zero-order valence-corrected chi connectivity index (χ0v) is 10.8. The quantitative estimate of drug-likeness (QED) is 0.620. The average molecular weight is 291 g/mol. The summed E-state index contributed by atoms with van der Waals surface area (Å²) in [5.41, 5.74) is 1.00. The highest BCUT2D eigenvalue weighted by Crippen LogP contribution is 2.36. The minimum atomic E-state index is -3.86. The molecule has 2 aromatic rings. The van der Waals surface area contributed by atoms with E-state index in [4.69, 9.17) is 0 Å². The van der Waals surface area contributed by atoms with Crippen LogP contribution in [0.2, 0.25) is 0 Å². The van der Waals surface area contributed by atoms with Gasteiger partial charge in [0, 0.05) is 12.1 Å². The van der Waals surface area contributed by atoms with Gasteiger partial charge in [0.1, 0.15) is 4.90 Å². The Morgan fingerprint density at radius 3 is 2.40 bits per heavy atom. The maximum Gasteiger partial charge on any atom is 0.270 e. The number of nitrogens with one attached hydrogen (secondary N) is 2. The van der Waals surface area contributed by atoms with Crippen LogP contribution in [0.4, 0.5) is 22.7 Å². The fourth-order valence-electron chi connectivity index (χ4n) is 1.98. The molecule has 7 nitrogen and oxygen atoms in total. The zero-order chi connectivity index (χ0) is 14.3. The van der Waals surface area contributed by atoms with Gasteiger partial charge in [-0.05, 0) is 18.2 Å². The maximum atomic E-state index is 12.3. The molecule has 0 unspecified atom stereocenters. The Kier molecular flexibility index (Phi) is 2.61. The minimum absolute atomic E-state index is 0.150. The predicted octanol–water partition coefficient (Wildman–Crippen LogP) is 2.45. The Bertz CT molecular complexity index is 817. The molecule has 3 rings (SSSR count). The summed E-state index contributed by atoms with van der Waals surface area (Å²) in [5, 5.41) is 13.7. The molecule has 2 aromatic carbocycles. The predicted molar refractivity (Wildman–Crippen MR) is 73.6 cm³/mol. The first kappa shape index (κ1) is 12.4. The number of nitro benzene ring substituents is 1. The van der Waals surface area contributed by atoms with E-state index in [0.29, 0.717) is 17.1 Å². The van der Waals surface area contributed by atoms with Gasteiger partial charge in [-0.25, -0.2) is 8.42 Å². The first-order valence-corrected chi connectivity index (χ1v) is 7.13. The number of para-hydroxylation sites is 2. The topological polar surface area (TPSA) is 101 Å². The third kappa shape index (κ3) is 1.95. The van der Waals surface area contributed by atoms with Crippen LogP contribution in [0.3, 0.4) is 0 Å². The number of non-ortho nitro benzene ring substituents is 1. The number of nitro groups is 1. The van der Waals surface area contributed by atoms with Crippen LogP contribution in [-0.4, -0.2) is 13.3 Å². The number of fused-ring (bicyclic) bond motifs is 2. The van der Waals surface area contributed by atoms with Gasteiger partial charge < -0.3 is 5.32 Å². The molecule has 0 fully saturated rings. The van der Waals surface area contributed by atoms with E-state index in [1.807, 2.05) is 0 Å². The number of benzene rings is 2. The van der Waals surface area contributed by atoms with Crippen molar-refractivity contribution in [2.45, 2.75) is 4.90 Å². The number of anilines is 3. The lowest BCUT2D eigenvalue weighted by atomic mass is 10.2. The van der Waals surface area contributed by atoms with Crippen molar-refractivity contribution in [2.75, 3.05) is 10.0 Å². The van der Waals surface area contributed by atoms with Crippen molar-refractivity contribution in [3.8, 4) is 0 Å². The highest BCUT2D eigenvalue weighted by molar-refractivity contribution is 7.93. The summed E-state index contributed by atoms with van der Waals surface area (Å²) in [6, 6.07) is 10.5. The molecule has 0 amide bonds. The third-order valence-electron chi connectivity index (χ3n) is 2.91. The summed E-state index contributed by atoms with van der Waals surface area (Å²) in [5.74, 6) is 0. The zero-order valence-electron chi connectivity index (χ0n) is 10.0. The van der Waals surface area contributed by atoms with E-state index in [1.54, 1.807) is 24.3 Å². The second-order valence-electron chi connectivity index (χ2n) is 4.21. The largest absolute Gasteiger partial charge is 0.353 e. The van der Waals surface area contributed by atoms with Crippen LogP contribution in [0, 0.1) is 10.1 Å². The van der Waals surface area contributed by atoms with Gasteiger partial charge in [0.2, 0.25) is 0 Å². The first-order chi connectivity index (χ1) is 9.47. The Morgan fingerprint density at radius 2 is 1.70 bits per heavy atom. The maximum absolute atomic E-state index is 12.3. The highest BCUT2D eigenvalue weighted by atomic mass is 32.2. The van der Waals surface area contributed by atoms with Crippen molar-refractivity contribution in [1.29, 1.82) is 0 Å². The number of rotatable bonds is 1. The van der Waals surface area contributed by atoms with Crippen LogP contribution in [0.25, 0.3) is 0 Å². The fraction of sp³-hybridized carbons (Fsp3) is 0. The highest BCUT2D eigenvalue weighted by Gasteiger charge is 2.26. The summed E-state index contributed by atoms with van der Waals surface area (Å²) < 4.78 is 26.9. The fourth-order valence-corrected chi connectivity index (χ4v) is 3.24. The summed E-state index contributed by atoms with van der Waals surface area (Å²) in [7, 11) is -3.86. The molecule has 1 heterocycles. The Labute approximate surface area is 114 Å². The van der Waals surface area contributed by atoms with Crippen LogP contribution in [0.5, 0.6) is 0 Å². The lowest BCUT2D eigenvalue weighted by Crippen LogP contribution is -2.12. The number of hydrogen-bond donors (Lipinski definition) is 2. The van der Waals surface area contributed by atoms with Crippen molar-refractivity contribution >= 4 is 32.8 Å². The van der Waals surface area contributed by atoms with Gasteiger partial charge in [-0.15, -0.1) is 0 Å². The molecule has 2 N–H and O–H groups in total. The van der Waals surface area contributed by atoms with Crippen LogP contribution in [0.1, 0.15) is 0 Å². The molecule has 0 bridgehead atoms. The minimum Gasteiger partial charge on any atom is -0.353 e. The van der Waals surface area contributed by atoms with E-state index in [9.17, 15) is 18.5 Å². The van der Waals surface area contributed by atoms with Crippen LogP contribution < -0.4 is 10.0 Å². The van der Waals surface area contributed by atoms with E-state index in [-0.39, 0.29) is 10.6 Å². The molecule has 20 heavy (non-hydrogen) atoms. The molecule has 0 atom stereocenters. The average Bonchev–Trinajstić information content (AvgIpc) is 2.51. The van der Waals surface area contributed by atoms with Gasteiger partial charge in [0.15, 0.2) is 0 Å². The molecule has 0 radical (unpaired) electrons. The van der Waals surface area contributed by atoms with Crippen molar-refractivity contribution in [3.05, 3.63) is 52.6 Å². The van der Waals surface area contributed by atoms with Crippen LogP contribution in [0.15, 0.2) is 47.4 Å². The van der Waals surface area contributed by atoms with Gasteiger partial charge in [-0.2, -0.15) is 0 Å². The SMILES string of the molecule is O=[N+]([O-])c1ccc2c(c1)S(=O)(=O)Nc1ccccc1N2. The van der Waals surface area contributed by atoms with E-state index >= 15 is 0 Å². The molecule has 1 aliphatic heterocycles. The lowest BCUT2D eigenvalue weighted by molar-refractivity contribution is -0.385. The molecule has 1 aliphatic rings. The lowest BCUT2D eigenvalue weighted by Gasteiger charge is -2.06. The molecule has 0 saturated carbocycles. The Morgan fingerprint density at radius 1 is 1.00 bits per heavy atom. The van der Waals surface area contributed by atoms with Crippen molar-refractivity contribution in [3.63, 3.8) is 0 Å². The molecule has 0 saturated heterocycles. The van der Waals surface area contributed by atoms with Crippen molar-refractivity contribution in [2.24, 2.45) is 0 Å². The normalized spacial score (nSPS) is 15.0. The number of hydrogen-bond acceptors (Lipinski definition) is 5. The van der Waals surface area contributed by atoms with Crippen LogP contribution >= 0.6 is 0 Å². The second kappa shape index (κ2) is 4.20. The summed E-state index contributed by atoms with van der Waals surface area (Å²) >= 11 is 0. The Hall–Kier alpha value is -2.61. The summed E-state index contributed by atoms with van der Waals surface area (Å²) in [6.07, 6.45) is 0. The molecule has 0 spiro atoms. The standard InChI is InChI=1S/C12H9N3O4S/c16-15(17)8-5-6-11-12(7-8)20(18,19)14-10-4-2-1-3-9(10)13-11/h1-7,13-14H. The third-order valence-corrected chi connectivity index (χ3v) is 4.31. The van der Waals surface area contributed by atoms with E-state index in [2.05, 4.69) is 10.0 Å². The van der Waals surface area contributed by atoms with E-state index in [0.717, 1.165) is 6.07 Å². The second-order valence-corrected chi connectivity index (χ2v) is 5.86. The summed E-state index contributed by atoms with van der Waals surface area (Å²) in [4.78, 5) is 9.99. The van der Waals surface area contributed by atoms with Gasteiger partial charge in [-0.1, -0.05) is 12.1 Å². The van der Waals surface area contributed by atoms with Gasteiger partial charge in [-0.3, -0.25) is 14.8 Å². The van der Waals surface area contributed by atoms with Gasteiger partial charge >= 0.3 is 0 Å². The molecule has 0 aliphatic carbocycles. The first-order valence-electron chi connectivity index (χ1n) is 5.65. The molecule has 102 valence electrons. The van der Waals surface area contributed by atoms with Gasteiger partial charge in [0.25, 0.3) is 15.7 Å². The number of nitrogens with zero attached hydrogens (tertiary/aromatic N) is 1. The van der Waals surface area contributed by atoms with Crippen molar-refractivity contribution in [1.82, 2.24) is 0 Å². The van der Waals surface area contributed by atoms with Crippen molar-refractivity contribution < 1.29 is 13.3 Å². The van der Waals surface area contributed by atoms with E-state index in [1.165, 1.54) is 12.1 Å². The molecule has 8 heteroatoms. The number of sulfonamides is 1. The molecular weight excluding hydrogens is 282 g/mol. The summed E-state index contributed by atoms with van der Waals surface area (Å²) in [6.45, 7) is 0. The van der Waals surface area contributed by atoms with E-state index < -0.39 is 14.9 Å². The smallest absolute Gasteiger partial charge is 0.270 e. The molecular formula is C12H9N3O4S.